The first-order valence-corrected chi connectivity index (χ1v) is 9.95. The van der Waals surface area contributed by atoms with Crippen LogP contribution < -0.4 is 0 Å². The Morgan fingerprint density at radius 2 is 1.78 bits per heavy atom. The third-order valence-corrected chi connectivity index (χ3v) is 6.61. The molecule has 1 heterocycles. The highest BCUT2D eigenvalue weighted by atomic mass is 32.2. The van der Waals surface area contributed by atoms with E-state index in [1.54, 1.807) is 12.1 Å². The maximum absolute atomic E-state index is 12.9. The fourth-order valence-electron chi connectivity index (χ4n) is 4.21. The third kappa shape index (κ3) is 2.30. The highest BCUT2D eigenvalue weighted by Gasteiger charge is 2.43. The summed E-state index contributed by atoms with van der Waals surface area (Å²) in [5.41, 5.74) is 1.18. The second-order valence-electron chi connectivity index (χ2n) is 7.64. The van der Waals surface area contributed by atoms with Crippen molar-refractivity contribution in [3.8, 4) is 11.3 Å². The number of hydrogen-bond donors (Lipinski definition) is 2. The van der Waals surface area contributed by atoms with E-state index in [9.17, 15) is 27.7 Å². The van der Waals surface area contributed by atoms with Gasteiger partial charge in [0.1, 0.15) is 5.76 Å². The number of aliphatic hydroxyl groups is 1. The monoisotopic (exact) mass is 390 g/mol. The Morgan fingerprint density at radius 1 is 1.15 bits per heavy atom. The zero-order valence-electron chi connectivity index (χ0n) is 15.0. The second kappa shape index (κ2) is 5.37. The van der Waals surface area contributed by atoms with Crippen LogP contribution in [0.5, 0.6) is 0 Å². The molecule has 4 rings (SSSR count). The lowest BCUT2D eigenvalue weighted by molar-refractivity contribution is 0.0792. The molecule has 1 aromatic heterocycles. The van der Waals surface area contributed by atoms with Crippen molar-refractivity contribution in [3.05, 3.63) is 39.9 Å². The van der Waals surface area contributed by atoms with Crippen molar-refractivity contribution in [2.24, 2.45) is 0 Å². The first kappa shape index (κ1) is 18.1. The van der Waals surface area contributed by atoms with Crippen LogP contribution in [0.4, 0.5) is 0 Å². The Kier molecular flexibility index (Phi) is 3.60. The standard InChI is InChI=1S/C19H18O7S/c1-8-13-15(21)16(22)14-9-5-7-12(20)19(2,3)11(9)6-4-10(14)17(13)26-18(8)27(23,24)25/h4,6,12,20H,5,7H2,1-3H3,(H,23,24,25). The summed E-state index contributed by atoms with van der Waals surface area (Å²) in [5.74, 6) is -1.61. The number of benzene rings is 1. The number of carbonyl (C=O) groups is 2. The molecule has 0 radical (unpaired) electrons. The summed E-state index contributed by atoms with van der Waals surface area (Å²) in [4.78, 5) is 25.6. The van der Waals surface area contributed by atoms with Gasteiger partial charge < -0.3 is 9.52 Å². The van der Waals surface area contributed by atoms with Crippen molar-refractivity contribution in [2.45, 2.75) is 50.2 Å². The van der Waals surface area contributed by atoms with Crippen LogP contribution >= 0.6 is 0 Å². The average molecular weight is 390 g/mol. The largest absolute Gasteiger partial charge is 0.441 e. The molecule has 1 aromatic carbocycles. The molecule has 0 spiro atoms. The highest BCUT2D eigenvalue weighted by molar-refractivity contribution is 7.85. The lowest BCUT2D eigenvalue weighted by Gasteiger charge is -2.38. The van der Waals surface area contributed by atoms with Crippen LogP contribution in [-0.2, 0) is 22.0 Å². The zero-order chi connectivity index (χ0) is 19.9. The zero-order valence-corrected chi connectivity index (χ0v) is 15.8. The van der Waals surface area contributed by atoms with E-state index in [2.05, 4.69) is 0 Å². The van der Waals surface area contributed by atoms with Crippen LogP contribution in [0.3, 0.4) is 0 Å². The summed E-state index contributed by atoms with van der Waals surface area (Å²) in [6, 6.07) is 3.38. The van der Waals surface area contributed by atoms with Gasteiger partial charge in [0.25, 0.3) is 0 Å². The van der Waals surface area contributed by atoms with Crippen molar-refractivity contribution < 1.29 is 32.1 Å². The van der Waals surface area contributed by atoms with E-state index in [0.29, 0.717) is 24.0 Å². The van der Waals surface area contributed by atoms with Gasteiger partial charge in [0.05, 0.1) is 11.7 Å². The van der Waals surface area contributed by atoms with Gasteiger partial charge in [-0.05, 0) is 30.9 Å². The minimum absolute atomic E-state index is 0.0218. The van der Waals surface area contributed by atoms with Crippen LogP contribution in [0.25, 0.3) is 11.3 Å². The number of aliphatic hydroxyl groups excluding tert-OH is 1. The van der Waals surface area contributed by atoms with Gasteiger partial charge in [-0.3, -0.25) is 14.1 Å². The summed E-state index contributed by atoms with van der Waals surface area (Å²) in [6.45, 7) is 5.06. The first-order valence-electron chi connectivity index (χ1n) is 8.51. The van der Waals surface area contributed by atoms with Crippen LogP contribution in [-0.4, -0.2) is 35.7 Å². The van der Waals surface area contributed by atoms with Crippen molar-refractivity contribution in [3.63, 3.8) is 0 Å². The summed E-state index contributed by atoms with van der Waals surface area (Å²) < 4.78 is 37.8. The van der Waals surface area contributed by atoms with E-state index in [-0.39, 0.29) is 22.5 Å². The van der Waals surface area contributed by atoms with Gasteiger partial charge in [-0.15, -0.1) is 0 Å². The number of ketones is 2. The molecule has 2 N–H and O–H groups in total. The minimum atomic E-state index is -4.68. The van der Waals surface area contributed by atoms with E-state index >= 15 is 0 Å². The summed E-state index contributed by atoms with van der Waals surface area (Å²) >= 11 is 0. The fraction of sp³-hybridized carbons (Fsp3) is 0.368. The first-order chi connectivity index (χ1) is 12.5. The number of rotatable bonds is 1. The normalized spacial score (nSPS) is 20.9. The molecule has 0 saturated heterocycles. The fourth-order valence-corrected chi connectivity index (χ4v) is 4.89. The molecule has 142 valence electrons. The van der Waals surface area contributed by atoms with Crippen LogP contribution in [0.15, 0.2) is 21.6 Å². The molecule has 1 unspecified atom stereocenters. The van der Waals surface area contributed by atoms with Crippen molar-refractivity contribution >= 4 is 21.7 Å². The second-order valence-corrected chi connectivity index (χ2v) is 8.96. The minimum Gasteiger partial charge on any atom is -0.441 e. The third-order valence-electron chi connectivity index (χ3n) is 5.75. The lowest BCUT2D eigenvalue weighted by Crippen LogP contribution is -2.39. The molecular formula is C19H18O7S. The van der Waals surface area contributed by atoms with Crippen molar-refractivity contribution in [1.29, 1.82) is 0 Å². The number of Topliss-reactive ketones (excluding diaryl/α,β-unsaturated/α-hetero) is 2. The quantitative estimate of drug-likeness (QED) is 0.566. The topological polar surface area (TPSA) is 122 Å². The molecule has 0 amide bonds. The lowest BCUT2D eigenvalue weighted by atomic mass is 9.67. The van der Waals surface area contributed by atoms with Crippen molar-refractivity contribution in [1.82, 2.24) is 0 Å². The molecule has 8 heteroatoms. The van der Waals surface area contributed by atoms with Crippen LogP contribution in [0.1, 0.15) is 57.7 Å². The van der Waals surface area contributed by atoms with E-state index in [1.165, 1.54) is 6.92 Å². The molecule has 0 bridgehead atoms. The van der Waals surface area contributed by atoms with Gasteiger partial charge in [0.2, 0.25) is 16.7 Å². The number of hydrogen-bond acceptors (Lipinski definition) is 6. The Balaban J connectivity index is 2.07. The van der Waals surface area contributed by atoms with Gasteiger partial charge in [-0.25, -0.2) is 0 Å². The van der Waals surface area contributed by atoms with Crippen LogP contribution in [0.2, 0.25) is 0 Å². The van der Waals surface area contributed by atoms with E-state index in [4.69, 9.17) is 4.42 Å². The predicted molar refractivity (Wildman–Crippen MR) is 94.7 cm³/mol. The Labute approximate surface area is 155 Å². The maximum atomic E-state index is 12.9. The van der Waals surface area contributed by atoms with Gasteiger partial charge in [0, 0.05) is 22.1 Å². The molecule has 2 aliphatic rings. The molecule has 7 nitrogen and oxygen atoms in total. The van der Waals surface area contributed by atoms with Gasteiger partial charge in [-0.1, -0.05) is 26.0 Å². The molecule has 0 aliphatic heterocycles. The van der Waals surface area contributed by atoms with Crippen LogP contribution in [0, 0.1) is 6.92 Å². The van der Waals surface area contributed by atoms with Gasteiger partial charge in [0.15, 0.2) is 0 Å². The number of fused-ring (bicyclic) bond motifs is 5. The van der Waals surface area contributed by atoms with Gasteiger partial charge in [-0.2, -0.15) is 8.42 Å². The molecular weight excluding hydrogens is 372 g/mol. The van der Waals surface area contributed by atoms with Crippen molar-refractivity contribution in [2.75, 3.05) is 0 Å². The molecule has 0 fully saturated rings. The molecule has 2 aliphatic carbocycles. The average Bonchev–Trinajstić information content (AvgIpc) is 2.93. The molecule has 27 heavy (non-hydrogen) atoms. The molecule has 1 atom stereocenters. The van der Waals surface area contributed by atoms with E-state index < -0.39 is 38.3 Å². The SMILES string of the molecule is Cc1c(S(=O)(=O)O)oc2c1C(=O)C(=O)c1c-2ccc2c1CCC(O)C2(C)C. The number of carbonyl (C=O) groups excluding carboxylic acids is 2. The van der Waals surface area contributed by atoms with E-state index in [1.807, 2.05) is 13.8 Å². The smallest absolute Gasteiger partial charge is 0.328 e. The van der Waals surface area contributed by atoms with Gasteiger partial charge >= 0.3 is 10.1 Å². The molecule has 0 saturated carbocycles. The van der Waals surface area contributed by atoms with E-state index in [0.717, 1.165) is 5.56 Å². The maximum Gasteiger partial charge on any atom is 0.328 e. The Bertz CT molecular complexity index is 1140. The molecule has 2 aromatic rings. The summed E-state index contributed by atoms with van der Waals surface area (Å²) in [7, 11) is -4.68. The summed E-state index contributed by atoms with van der Waals surface area (Å²) in [5, 5.41) is 9.60. The summed E-state index contributed by atoms with van der Waals surface area (Å²) in [6.07, 6.45) is 0.283. The Hall–Kier alpha value is -2.29. The number of furan rings is 1. The highest BCUT2D eigenvalue weighted by Crippen LogP contribution is 2.46. The predicted octanol–water partition coefficient (Wildman–Crippen LogP) is 2.47. The Morgan fingerprint density at radius 3 is 2.41 bits per heavy atom.